The Hall–Kier alpha value is -1.04. The Balaban J connectivity index is 1.49. The second-order valence-electron chi connectivity index (χ2n) is 7.60. The molecule has 5 nitrogen and oxygen atoms in total. The van der Waals surface area contributed by atoms with Crippen LogP contribution in [0.4, 0.5) is 0 Å². The molecule has 0 bridgehead atoms. The van der Waals surface area contributed by atoms with E-state index in [4.69, 9.17) is 4.98 Å². The lowest BCUT2D eigenvalue weighted by Gasteiger charge is -2.33. The van der Waals surface area contributed by atoms with Gasteiger partial charge in [0.25, 0.3) is 0 Å². The summed E-state index contributed by atoms with van der Waals surface area (Å²) in [7, 11) is 0. The third-order valence-corrected chi connectivity index (χ3v) is 5.94. The lowest BCUT2D eigenvalue weighted by Crippen LogP contribution is -2.45. The van der Waals surface area contributed by atoms with Gasteiger partial charge in [-0.2, -0.15) is 0 Å². The fraction of sp³-hybridized carbons (Fsp3) is 0.778. The summed E-state index contributed by atoms with van der Waals surface area (Å²) < 4.78 is 0. The van der Waals surface area contributed by atoms with Crippen LogP contribution in [0.1, 0.15) is 56.0 Å². The summed E-state index contributed by atoms with van der Waals surface area (Å²) in [5.41, 5.74) is 1.06. The van der Waals surface area contributed by atoms with E-state index in [2.05, 4.69) is 10.3 Å². The molecule has 3 fully saturated rings. The van der Waals surface area contributed by atoms with E-state index < -0.39 is 6.10 Å². The molecule has 4 unspecified atom stereocenters. The molecule has 4 atom stereocenters. The Bertz CT molecular complexity index is 545. The van der Waals surface area contributed by atoms with Crippen molar-refractivity contribution in [3.8, 4) is 0 Å². The summed E-state index contributed by atoms with van der Waals surface area (Å²) in [6.45, 7) is 0.0508. The second kappa shape index (κ2) is 6.46. The highest BCUT2D eigenvalue weighted by Crippen LogP contribution is 2.39. The highest BCUT2D eigenvalue weighted by Gasteiger charge is 2.43. The van der Waals surface area contributed by atoms with Crippen molar-refractivity contribution in [2.24, 2.45) is 11.8 Å². The minimum Gasteiger partial charge on any atom is -0.396 e. The quantitative estimate of drug-likeness (QED) is 0.739. The summed E-state index contributed by atoms with van der Waals surface area (Å²) in [6, 6.07) is 2.87. The maximum atomic E-state index is 10.3. The zero-order chi connectivity index (χ0) is 15.8. The van der Waals surface area contributed by atoms with Crippen LogP contribution in [0, 0.1) is 11.8 Å². The normalized spacial score (nSPS) is 34.5. The molecule has 1 aromatic rings. The molecular weight excluding hydrogens is 290 g/mol. The molecule has 1 aromatic heterocycles. The van der Waals surface area contributed by atoms with Gasteiger partial charge in [-0.15, -0.1) is 0 Å². The molecule has 0 spiro atoms. The van der Waals surface area contributed by atoms with Gasteiger partial charge in [-0.3, -0.25) is 0 Å². The van der Waals surface area contributed by atoms with E-state index >= 15 is 0 Å². The Morgan fingerprint density at radius 1 is 1.17 bits per heavy atom. The highest BCUT2D eigenvalue weighted by atomic mass is 16.3. The van der Waals surface area contributed by atoms with E-state index in [0.29, 0.717) is 12.0 Å². The first-order chi connectivity index (χ1) is 11.2. The Morgan fingerprint density at radius 3 is 2.65 bits per heavy atom. The Morgan fingerprint density at radius 2 is 2.00 bits per heavy atom. The van der Waals surface area contributed by atoms with Crippen molar-refractivity contribution in [1.82, 2.24) is 15.3 Å². The molecule has 23 heavy (non-hydrogen) atoms. The van der Waals surface area contributed by atoms with Gasteiger partial charge in [0, 0.05) is 42.4 Å². The molecule has 0 radical (unpaired) electrons. The van der Waals surface area contributed by atoms with Gasteiger partial charge in [-0.05, 0) is 50.5 Å². The SMILES string of the molecule is OCC1C(O)CC(NC2CCC2)C1Cc1ccnc(C2CC2)n1. The van der Waals surface area contributed by atoms with Crippen molar-refractivity contribution in [3.05, 3.63) is 23.8 Å². The summed E-state index contributed by atoms with van der Waals surface area (Å²) in [5, 5.41) is 23.8. The largest absolute Gasteiger partial charge is 0.396 e. The Kier molecular flexibility index (Phi) is 4.35. The molecule has 4 rings (SSSR count). The first kappa shape index (κ1) is 15.5. The molecule has 1 heterocycles. The van der Waals surface area contributed by atoms with Gasteiger partial charge in [0.1, 0.15) is 5.82 Å². The minimum absolute atomic E-state index is 0.0492. The molecular formula is C18H27N3O2. The number of hydrogen-bond donors (Lipinski definition) is 3. The molecule has 3 aliphatic rings. The van der Waals surface area contributed by atoms with Crippen molar-refractivity contribution >= 4 is 0 Å². The Labute approximate surface area is 137 Å². The van der Waals surface area contributed by atoms with Crippen LogP contribution in [-0.4, -0.2) is 45.0 Å². The van der Waals surface area contributed by atoms with Gasteiger partial charge in [0.2, 0.25) is 0 Å². The summed E-state index contributed by atoms with van der Waals surface area (Å²) in [5.74, 6) is 1.73. The van der Waals surface area contributed by atoms with Crippen LogP contribution in [-0.2, 0) is 6.42 Å². The summed E-state index contributed by atoms with van der Waals surface area (Å²) >= 11 is 0. The predicted octanol–water partition coefficient (Wildman–Crippen LogP) is 1.40. The van der Waals surface area contributed by atoms with E-state index in [-0.39, 0.29) is 24.5 Å². The number of aliphatic hydroxyl groups excluding tert-OH is 2. The number of nitrogens with one attached hydrogen (secondary N) is 1. The second-order valence-corrected chi connectivity index (χ2v) is 7.60. The van der Waals surface area contributed by atoms with Crippen molar-refractivity contribution in [2.45, 2.75) is 69.1 Å². The van der Waals surface area contributed by atoms with Crippen LogP contribution in [0.25, 0.3) is 0 Å². The number of aromatic nitrogens is 2. The van der Waals surface area contributed by atoms with Gasteiger partial charge in [0.15, 0.2) is 0 Å². The number of rotatable bonds is 6. The van der Waals surface area contributed by atoms with Crippen LogP contribution in [0.2, 0.25) is 0 Å². The van der Waals surface area contributed by atoms with Crippen molar-refractivity contribution in [1.29, 1.82) is 0 Å². The van der Waals surface area contributed by atoms with E-state index in [9.17, 15) is 10.2 Å². The minimum atomic E-state index is -0.410. The predicted molar refractivity (Wildman–Crippen MR) is 87.0 cm³/mol. The average molecular weight is 317 g/mol. The summed E-state index contributed by atoms with van der Waals surface area (Å²) in [6.07, 6.45) is 9.20. The van der Waals surface area contributed by atoms with Gasteiger partial charge in [0.05, 0.1) is 6.10 Å². The molecule has 0 aliphatic heterocycles. The first-order valence-corrected chi connectivity index (χ1v) is 9.11. The zero-order valence-corrected chi connectivity index (χ0v) is 13.6. The van der Waals surface area contributed by atoms with Gasteiger partial charge >= 0.3 is 0 Å². The van der Waals surface area contributed by atoms with Gasteiger partial charge < -0.3 is 15.5 Å². The third-order valence-electron chi connectivity index (χ3n) is 5.94. The van der Waals surface area contributed by atoms with Crippen LogP contribution in [0.3, 0.4) is 0 Å². The molecule has 126 valence electrons. The third kappa shape index (κ3) is 3.28. The van der Waals surface area contributed by atoms with E-state index in [1.807, 2.05) is 12.3 Å². The standard InChI is InChI=1S/C18H27N3O2/c22-10-15-14(16(9-17(15)23)20-12-2-1-3-12)8-13-6-7-19-18(21-13)11-4-5-11/h6-7,11-12,14-17,20,22-23H,1-5,8-10H2. The molecule has 3 saturated carbocycles. The van der Waals surface area contributed by atoms with Gasteiger partial charge in [-0.25, -0.2) is 9.97 Å². The van der Waals surface area contributed by atoms with Crippen LogP contribution >= 0.6 is 0 Å². The van der Waals surface area contributed by atoms with Crippen molar-refractivity contribution in [3.63, 3.8) is 0 Å². The molecule has 3 aliphatic carbocycles. The lowest BCUT2D eigenvalue weighted by molar-refractivity contribution is 0.0714. The maximum absolute atomic E-state index is 10.3. The first-order valence-electron chi connectivity index (χ1n) is 9.11. The monoisotopic (exact) mass is 317 g/mol. The molecule has 3 N–H and O–H groups in total. The van der Waals surface area contributed by atoms with Crippen LogP contribution in [0.5, 0.6) is 0 Å². The zero-order valence-electron chi connectivity index (χ0n) is 13.6. The smallest absolute Gasteiger partial charge is 0.131 e. The van der Waals surface area contributed by atoms with Crippen molar-refractivity contribution in [2.75, 3.05) is 6.61 Å². The number of nitrogens with zero attached hydrogens (tertiary/aromatic N) is 2. The van der Waals surface area contributed by atoms with E-state index in [0.717, 1.165) is 24.4 Å². The fourth-order valence-corrected chi connectivity index (χ4v) is 4.12. The molecule has 0 aromatic carbocycles. The van der Waals surface area contributed by atoms with Crippen LogP contribution < -0.4 is 5.32 Å². The average Bonchev–Trinajstić information content (AvgIpc) is 3.30. The lowest BCUT2D eigenvalue weighted by atomic mass is 9.86. The highest BCUT2D eigenvalue weighted by molar-refractivity contribution is 5.12. The molecule has 5 heteroatoms. The van der Waals surface area contributed by atoms with E-state index in [1.165, 1.54) is 32.1 Å². The summed E-state index contributed by atoms with van der Waals surface area (Å²) in [4.78, 5) is 9.13. The number of aliphatic hydroxyl groups is 2. The maximum Gasteiger partial charge on any atom is 0.131 e. The molecule has 0 amide bonds. The van der Waals surface area contributed by atoms with E-state index in [1.54, 1.807) is 0 Å². The van der Waals surface area contributed by atoms with Gasteiger partial charge in [-0.1, -0.05) is 6.42 Å². The van der Waals surface area contributed by atoms with Crippen molar-refractivity contribution < 1.29 is 10.2 Å². The number of hydrogen-bond acceptors (Lipinski definition) is 5. The fourth-order valence-electron chi connectivity index (χ4n) is 4.12. The molecule has 0 saturated heterocycles. The topological polar surface area (TPSA) is 78.3 Å². The van der Waals surface area contributed by atoms with Crippen LogP contribution in [0.15, 0.2) is 12.3 Å².